The molecule has 128 valence electrons. The highest BCUT2D eigenvalue weighted by Gasteiger charge is 2.16. The van der Waals surface area contributed by atoms with E-state index in [1.165, 1.54) is 23.3 Å². The molecule has 0 fully saturated rings. The molecule has 0 radical (unpaired) electrons. The van der Waals surface area contributed by atoms with Gasteiger partial charge in [-0.25, -0.2) is 9.36 Å². The minimum atomic E-state index is -1.19. The number of rotatable bonds is 4. The van der Waals surface area contributed by atoms with Gasteiger partial charge in [0.1, 0.15) is 6.54 Å². The summed E-state index contributed by atoms with van der Waals surface area (Å²) in [6.07, 6.45) is 4.11. The molecule has 0 unspecified atom stereocenters. The van der Waals surface area contributed by atoms with Gasteiger partial charge in [0.2, 0.25) is 0 Å². The van der Waals surface area contributed by atoms with E-state index in [-0.39, 0.29) is 11.3 Å². The van der Waals surface area contributed by atoms with Crippen LogP contribution in [0.25, 0.3) is 16.8 Å². The SMILES string of the molecule is Cn1cc(-n2c(=O)c(-c3ccc(Cl)cc3)cn(CC(=O)O)c2=O)cn1. The van der Waals surface area contributed by atoms with Crippen LogP contribution >= 0.6 is 11.6 Å². The lowest BCUT2D eigenvalue weighted by atomic mass is 10.1. The van der Waals surface area contributed by atoms with Crippen molar-refractivity contribution in [3.05, 3.63) is 68.7 Å². The van der Waals surface area contributed by atoms with Gasteiger partial charge in [-0.05, 0) is 17.7 Å². The fraction of sp³-hybridized carbons (Fsp3) is 0.125. The predicted octanol–water partition coefficient (Wildman–Crippen LogP) is 1.14. The maximum absolute atomic E-state index is 12.9. The third-order valence-corrected chi connectivity index (χ3v) is 3.82. The van der Waals surface area contributed by atoms with E-state index in [0.717, 1.165) is 9.13 Å². The van der Waals surface area contributed by atoms with Crippen LogP contribution in [0.1, 0.15) is 0 Å². The number of nitrogens with zero attached hydrogens (tertiary/aromatic N) is 4. The van der Waals surface area contributed by atoms with Crippen molar-refractivity contribution in [3.63, 3.8) is 0 Å². The van der Waals surface area contributed by atoms with Gasteiger partial charge in [0.15, 0.2) is 0 Å². The molecule has 0 spiro atoms. The van der Waals surface area contributed by atoms with Crippen molar-refractivity contribution in [2.75, 3.05) is 0 Å². The van der Waals surface area contributed by atoms with Gasteiger partial charge in [0, 0.05) is 24.5 Å². The number of carboxylic acid groups (broad SMARTS) is 1. The summed E-state index contributed by atoms with van der Waals surface area (Å²) in [5.41, 5.74) is -0.361. The lowest BCUT2D eigenvalue weighted by Crippen LogP contribution is -2.40. The van der Waals surface area contributed by atoms with Crippen molar-refractivity contribution < 1.29 is 9.90 Å². The molecule has 8 nitrogen and oxygen atoms in total. The molecule has 1 N–H and O–H groups in total. The Kier molecular flexibility index (Phi) is 4.28. The zero-order valence-electron chi connectivity index (χ0n) is 13.1. The predicted molar refractivity (Wildman–Crippen MR) is 91.1 cm³/mol. The fourth-order valence-electron chi connectivity index (χ4n) is 2.44. The molecule has 0 amide bonds. The van der Waals surface area contributed by atoms with E-state index in [1.807, 2.05) is 0 Å². The lowest BCUT2D eigenvalue weighted by molar-refractivity contribution is -0.137. The molecule has 3 aromatic rings. The molecule has 0 saturated carbocycles. The maximum atomic E-state index is 12.9. The molecule has 9 heteroatoms. The van der Waals surface area contributed by atoms with Crippen LogP contribution in [0.3, 0.4) is 0 Å². The molecule has 0 aliphatic heterocycles. The van der Waals surface area contributed by atoms with Crippen molar-refractivity contribution in [1.29, 1.82) is 0 Å². The van der Waals surface area contributed by atoms with Crippen LogP contribution in [0.5, 0.6) is 0 Å². The van der Waals surface area contributed by atoms with Crippen LogP contribution in [0.4, 0.5) is 0 Å². The molecule has 0 saturated heterocycles. The minimum Gasteiger partial charge on any atom is -0.480 e. The second-order valence-electron chi connectivity index (χ2n) is 5.37. The first-order chi connectivity index (χ1) is 11.9. The Bertz CT molecular complexity index is 1060. The Balaban J connectivity index is 2.32. The number of aryl methyl sites for hydroxylation is 1. The number of hydrogen-bond acceptors (Lipinski definition) is 4. The number of carboxylic acids is 1. The summed E-state index contributed by atoms with van der Waals surface area (Å²) in [5.74, 6) is -1.19. The molecule has 2 heterocycles. The van der Waals surface area contributed by atoms with E-state index in [2.05, 4.69) is 5.10 Å². The van der Waals surface area contributed by atoms with Crippen LogP contribution in [-0.4, -0.2) is 30.0 Å². The van der Waals surface area contributed by atoms with Crippen molar-refractivity contribution >= 4 is 17.6 Å². The van der Waals surface area contributed by atoms with Crippen LogP contribution in [-0.2, 0) is 18.4 Å². The third kappa shape index (κ3) is 3.24. The molecule has 0 aliphatic carbocycles. The highest BCUT2D eigenvalue weighted by molar-refractivity contribution is 6.30. The smallest absolute Gasteiger partial charge is 0.336 e. The van der Waals surface area contributed by atoms with Crippen LogP contribution < -0.4 is 11.2 Å². The average molecular weight is 361 g/mol. The van der Waals surface area contributed by atoms with E-state index in [9.17, 15) is 14.4 Å². The Morgan fingerprint density at radius 3 is 2.44 bits per heavy atom. The molecule has 1 aromatic carbocycles. The van der Waals surface area contributed by atoms with Gasteiger partial charge in [-0.3, -0.25) is 18.8 Å². The topological polar surface area (TPSA) is 99.1 Å². The van der Waals surface area contributed by atoms with Gasteiger partial charge < -0.3 is 5.11 Å². The summed E-state index contributed by atoms with van der Waals surface area (Å²) in [6, 6.07) is 6.47. The van der Waals surface area contributed by atoms with Crippen LogP contribution in [0.2, 0.25) is 5.02 Å². The summed E-state index contributed by atoms with van der Waals surface area (Å²) in [6.45, 7) is -0.569. The summed E-state index contributed by atoms with van der Waals surface area (Å²) in [7, 11) is 1.65. The monoisotopic (exact) mass is 360 g/mol. The van der Waals surface area contributed by atoms with Crippen LogP contribution in [0.15, 0.2) is 52.4 Å². The highest BCUT2D eigenvalue weighted by atomic mass is 35.5. The van der Waals surface area contributed by atoms with Crippen molar-refractivity contribution in [1.82, 2.24) is 18.9 Å². The fourth-order valence-corrected chi connectivity index (χ4v) is 2.57. The molecule has 0 bridgehead atoms. The van der Waals surface area contributed by atoms with Crippen molar-refractivity contribution in [3.8, 4) is 16.8 Å². The van der Waals surface area contributed by atoms with Gasteiger partial charge in [-0.2, -0.15) is 5.10 Å². The van der Waals surface area contributed by atoms with Gasteiger partial charge in [0.05, 0.1) is 17.4 Å². The third-order valence-electron chi connectivity index (χ3n) is 3.57. The van der Waals surface area contributed by atoms with Crippen molar-refractivity contribution in [2.45, 2.75) is 6.54 Å². The molecule has 3 rings (SSSR count). The van der Waals surface area contributed by atoms with Crippen molar-refractivity contribution in [2.24, 2.45) is 7.05 Å². The molecule has 0 atom stereocenters. The molecule has 2 aromatic heterocycles. The van der Waals surface area contributed by atoms with E-state index in [0.29, 0.717) is 10.6 Å². The quantitative estimate of drug-likeness (QED) is 0.752. The molecule has 25 heavy (non-hydrogen) atoms. The van der Waals surface area contributed by atoms with Gasteiger partial charge in [-0.15, -0.1) is 0 Å². The van der Waals surface area contributed by atoms with E-state index in [4.69, 9.17) is 16.7 Å². The maximum Gasteiger partial charge on any atom is 0.336 e. The number of carbonyl (C=O) groups is 1. The molecular formula is C16H13ClN4O4. The van der Waals surface area contributed by atoms with E-state index < -0.39 is 23.8 Å². The summed E-state index contributed by atoms with van der Waals surface area (Å²) >= 11 is 5.87. The largest absolute Gasteiger partial charge is 0.480 e. The number of aromatic nitrogens is 4. The van der Waals surface area contributed by atoms with Gasteiger partial charge in [-0.1, -0.05) is 23.7 Å². The Hall–Kier alpha value is -3.13. The standard InChI is InChI=1S/C16H13ClN4O4/c1-19-7-12(6-18-19)21-15(24)13(10-2-4-11(17)5-3-10)8-20(16(21)25)9-14(22)23/h2-8H,9H2,1H3,(H,22,23). The lowest BCUT2D eigenvalue weighted by Gasteiger charge is -2.11. The average Bonchev–Trinajstić information content (AvgIpc) is 2.97. The number of halogens is 1. The van der Waals surface area contributed by atoms with E-state index in [1.54, 1.807) is 31.3 Å². The second kappa shape index (κ2) is 6.40. The summed E-state index contributed by atoms with van der Waals surface area (Å²) in [4.78, 5) is 36.5. The van der Waals surface area contributed by atoms with Gasteiger partial charge in [0.25, 0.3) is 5.56 Å². The second-order valence-corrected chi connectivity index (χ2v) is 5.80. The molecular weight excluding hydrogens is 348 g/mol. The number of benzene rings is 1. The molecule has 0 aliphatic rings. The Labute approximate surface area is 146 Å². The Morgan fingerprint density at radius 2 is 1.88 bits per heavy atom. The first-order valence-electron chi connectivity index (χ1n) is 7.20. The van der Waals surface area contributed by atoms with E-state index >= 15 is 0 Å². The zero-order valence-corrected chi connectivity index (χ0v) is 13.8. The normalized spacial score (nSPS) is 10.8. The number of aliphatic carboxylic acids is 1. The zero-order chi connectivity index (χ0) is 18.1. The Morgan fingerprint density at radius 1 is 1.20 bits per heavy atom. The highest BCUT2D eigenvalue weighted by Crippen LogP contribution is 2.18. The van der Waals surface area contributed by atoms with Gasteiger partial charge >= 0.3 is 11.7 Å². The van der Waals surface area contributed by atoms with Crippen LogP contribution in [0, 0.1) is 0 Å². The first-order valence-corrected chi connectivity index (χ1v) is 7.58. The minimum absolute atomic E-state index is 0.182. The first kappa shape index (κ1) is 16.7. The summed E-state index contributed by atoms with van der Waals surface area (Å²) in [5, 5.41) is 13.5. The number of hydrogen-bond donors (Lipinski definition) is 1. The summed E-state index contributed by atoms with van der Waals surface area (Å²) < 4.78 is 3.32.